The van der Waals surface area contributed by atoms with Gasteiger partial charge in [0.15, 0.2) is 11.6 Å². The number of ether oxygens (including phenoxy) is 1. The quantitative estimate of drug-likeness (QED) is 0.284. The Bertz CT molecular complexity index is 1650. The second kappa shape index (κ2) is 10.4. The zero-order chi connectivity index (χ0) is 29.7. The molecule has 5 rings (SSSR count). The Kier molecular flexibility index (Phi) is 7.20. The van der Waals surface area contributed by atoms with Crippen LogP contribution in [0.25, 0.3) is 22.2 Å². The van der Waals surface area contributed by atoms with Crippen molar-refractivity contribution in [2.45, 2.75) is 44.8 Å². The first-order chi connectivity index (χ1) is 19.3. The number of nitrogens with zero attached hydrogens (tertiary/aromatic N) is 3. The molecule has 0 aliphatic heterocycles. The van der Waals surface area contributed by atoms with E-state index >= 15 is 8.78 Å². The molecule has 4 aromatic rings. The predicted molar refractivity (Wildman–Crippen MR) is 145 cm³/mol. The van der Waals surface area contributed by atoms with Gasteiger partial charge in [0.25, 0.3) is 5.91 Å². The summed E-state index contributed by atoms with van der Waals surface area (Å²) in [5.41, 5.74) is -4.16. The summed E-state index contributed by atoms with van der Waals surface area (Å²) in [6, 6.07) is 9.56. The first-order valence-electron chi connectivity index (χ1n) is 13.0. The molecule has 0 spiro atoms. The lowest BCUT2D eigenvalue weighted by Gasteiger charge is -2.31. The molecule has 1 fully saturated rings. The van der Waals surface area contributed by atoms with Gasteiger partial charge in [-0.2, -0.15) is 5.10 Å². The van der Waals surface area contributed by atoms with Crippen LogP contribution in [0.3, 0.4) is 0 Å². The molecule has 3 N–H and O–H groups in total. The molecule has 1 aliphatic carbocycles. The smallest absolute Gasteiger partial charge is 0.251 e. The van der Waals surface area contributed by atoms with E-state index in [0.717, 1.165) is 12.1 Å². The van der Waals surface area contributed by atoms with Crippen molar-refractivity contribution in [3.05, 3.63) is 82.4 Å². The normalized spacial score (nSPS) is 15.0. The van der Waals surface area contributed by atoms with Crippen molar-refractivity contribution in [1.29, 1.82) is 0 Å². The number of benzene rings is 2. The number of aryl methyl sites for hydroxylation is 1. The lowest BCUT2D eigenvalue weighted by Crippen LogP contribution is -2.44. The maximum Gasteiger partial charge on any atom is 0.251 e. The van der Waals surface area contributed by atoms with E-state index in [4.69, 9.17) is 4.74 Å². The molecular weight excluding hydrogens is 537 g/mol. The summed E-state index contributed by atoms with van der Waals surface area (Å²) in [4.78, 5) is 17.5. The molecule has 2 aromatic heterocycles. The van der Waals surface area contributed by atoms with Crippen LogP contribution in [0.4, 0.5) is 13.2 Å². The topological polar surface area (TPSA) is 117 Å². The average Bonchev–Trinajstić information content (AvgIpc) is 3.77. The number of aliphatic hydroxyl groups is 2. The molecule has 41 heavy (non-hydrogen) atoms. The molecule has 2 aromatic carbocycles. The van der Waals surface area contributed by atoms with Crippen LogP contribution in [-0.2, 0) is 11.2 Å². The summed E-state index contributed by atoms with van der Waals surface area (Å²) >= 11 is 0. The summed E-state index contributed by atoms with van der Waals surface area (Å²) in [5, 5.41) is 34.0. The maximum absolute atomic E-state index is 16.0. The van der Waals surface area contributed by atoms with E-state index in [1.54, 1.807) is 19.1 Å². The fourth-order valence-electron chi connectivity index (χ4n) is 4.98. The van der Waals surface area contributed by atoms with E-state index in [1.807, 2.05) is 0 Å². The minimum Gasteiger partial charge on any atom is -0.494 e. The van der Waals surface area contributed by atoms with Gasteiger partial charge in [-0.1, -0.05) is 0 Å². The molecular formula is C30H29F3N4O4. The lowest BCUT2D eigenvalue weighted by atomic mass is 9.87. The van der Waals surface area contributed by atoms with Crippen LogP contribution in [-0.4, -0.2) is 45.0 Å². The molecule has 1 aliphatic rings. The van der Waals surface area contributed by atoms with Crippen molar-refractivity contribution >= 4 is 16.8 Å². The van der Waals surface area contributed by atoms with Gasteiger partial charge in [0.2, 0.25) is 0 Å². The van der Waals surface area contributed by atoms with Crippen LogP contribution in [0, 0.1) is 30.3 Å². The number of hydrogen-bond acceptors (Lipinski definition) is 7. The first-order valence-corrected chi connectivity index (χ1v) is 13.0. The monoisotopic (exact) mass is 566 g/mol. The van der Waals surface area contributed by atoms with E-state index in [2.05, 4.69) is 20.5 Å². The van der Waals surface area contributed by atoms with Crippen molar-refractivity contribution < 1.29 is 32.9 Å². The number of aromatic nitrogens is 3. The molecule has 11 heteroatoms. The average molecular weight is 567 g/mol. The molecule has 1 amide bonds. The van der Waals surface area contributed by atoms with E-state index in [1.165, 1.54) is 39.2 Å². The lowest BCUT2D eigenvalue weighted by molar-refractivity contribution is 0.00419. The van der Waals surface area contributed by atoms with Crippen molar-refractivity contribution in [2.75, 3.05) is 13.7 Å². The Labute approximate surface area is 234 Å². The summed E-state index contributed by atoms with van der Waals surface area (Å²) in [5.74, 6) is -3.66. The largest absolute Gasteiger partial charge is 0.494 e. The first kappa shape index (κ1) is 28.4. The number of fused-ring (bicyclic) bond motifs is 1. The molecule has 1 saturated carbocycles. The van der Waals surface area contributed by atoms with Gasteiger partial charge in [0, 0.05) is 16.5 Å². The van der Waals surface area contributed by atoms with Crippen LogP contribution in [0.2, 0.25) is 0 Å². The number of nitrogens with one attached hydrogen (secondary N) is 1. The fraction of sp³-hybridized carbons (Fsp3) is 0.333. The number of halogens is 3. The summed E-state index contributed by atoms with van der Waals surface area (Å²) < 4.78 is 50.6. The third kappa shape index (κ3) is 5.34. The van der Waals surface area contributed by atoms with Crippen molar-refractivity contribution in [3.8, 4) is 17.0 Å². The predicted octanol–water partition coefficient (Wildman–Crippen LogP) is 4.68. The Morgan fingerprint density at radius 2 is 1.73 bits per heavy atom. The minimum atomic E-state index is -2.04. The van der Waals surface area contributed by atoms with E-state index in [-0.39, 0.29) is 16.8 Å². The molecule has 8 nitrogen and oxygen atoms in total. The molecule has 1 atom stereocenters. The molecule has 2 heterocycles. The van der Waals surface area contributed by atoms with E-state index < -0.39 is 58.3 Å². The number of amides is 1. The molecule has 214 valence electrons. The number of carbonyl (C=O) groups excluding carboxylic acids is 1. The fourth-order valence-corrected chi connectivity index (χ4v) is 4.98. The standard InChI is InChI=1S/C30H29F3N4O4/c1-15-11-17-12-18(13-21(41-4)25(17)37-36-15)28(38)34-14-30(40,19-7-8-19)27-24(33)22(29(2,3)39)23(32)26(35-27)16-5-9-20(31)10-6-16/h5-6,9-13,19,39-40H,7-8,14H2,1-4H3,(H,34,38)/t30-/m1/s1. The van der Waals surface area contributed by atoms with Crippen LogP contribution < -0.4 is 10.1 Å². The van der Waals surface area contributed by atoms with Crippen LogP contribution in [0.1, 0.15) is 54.0 Å². The number of pyridine rings is 1. The maximum atomic E-state index is 16.0. The SMILES string of the molecule is COc1cc(C(=O)NC[C@](O)(c2nc(-c3ccc(F)cc3)c(F)c(C(C)(C)O)c2F)C2CC2)cc2cc(C)nnc12. The summed E-state index contributed by atoms with van der Waals surface area (Å²) in [7, 11) is 1.44. The Morgan fingerprint density at radius 3 is 2.34 bits per heavy atom. The Morgan fingerprint density at radius 1 is 1.05 bits per heavy atom. The van der Waals surface area contributed by atoms with Gasteiger partial charge in [-0.15, -0.1) is 5.10 Å². The summed E-state index contributed by atoms with van der Waals surface area (Å²) in [6.07, 6.45) is 1.02. The Balaban J connectivity index is 1.56. The Hall–Kier alpha value is -4.09. The summed E-state index contributed by atoms with van der Waals surface area (Å²) in [6.45, 7) is 3.73. The number of methoxy groups -OCH3 is 1. The molecule has 0 radical (unpaired) electrons. The van der Waals surface area contributed by atoms with Gasteiger partial charge in [0.1, 0.15) is 34.1 Å². The molecule has 0 unspecified atom stereocenters. The van der Waals surface area contributed by atoms with Crippen LogP contribution in [0.15, 0.2) is 42.5 Å². The molecule has 0 saturated heterocycles. The highest BCUT2D eigenvalue weighted by Crippen LogP contribution is 2.47. The van der Waals surface area contributed by atoms with Crippen LogP contribution >= 0.6 is 0 Å². The van der Waals surface area contributed by atoms with Crippen molar-refractivity contribution in [2.24, 2.45) is 5.92 Å². The second-order valence-electron chi connectivity index (χ2n) is 10.9. The van der Waals surface area contributed by atoms with Gasteiger partial charge in [-0.3, -0.25) is 4.79 Å². The second-order valence-corrected chi connectivity index (χ2v) is 10.9. The number of carbonyl (C=O) groups is 1. The van der Waals surface area contributed by atoms with Gasteiger partial charge in [-0.05, 0) is 82.0 Å². The number of hydrogen-bond donors (Lipinski definition) is 3. The molecule has 0 bridgehead atoms. The third-order valence-electron chi connectivity index (χ3n) is 7.25. The minimum absolute atomic E-state index is 0.125. The van der Waals surface area contributed by atoms with Gasteiger partial charge in [0.05, 0.1) is 30.5 Å². The van der Waals surface area contributed by atoms with Gasteiger partial charge in [-0.25, -0.2) is 18.2 Å². The number of rotatable bonds is 8. The highest BCUT2D eigenvalue weighted by molar-refractivity contribution is 5.99. The van der Waals surface area contributed by atoms with Crippen molar-refractivity contribution in [3.63, 3.8) is 0 Å². The third-order valence-corrected chi connectivity index (χ3v) is 7.25. The van der Waals surface area contributed by atoms with E-state index in [0.29, 0.717) is 35.2 Å². The zero-order valence-electron chi connectivity index (χ0n) is 22.9. The van der Waals surface area contributed by atoms with Crippen molar-refractivity contribution in [1.82, 2.24) is 20.5 Å². The van der Waals surface area contributed by atoms with Crippen LogP contribution in [0.5, 0.6) is 5.75 Å². The van der Waals surface area contributed by atoms with Gasteiger partial charge >= 0.3 is 0 Å². The highest BCUT2D eigenvalue weighted by Gasteiger charge is 2.50. The van der Waals surface area contributed by atoms with Gasteiger partial charge < -0.3 is 20.3 Å². The van der Waals surface area contributed by atoms with E-state index in [9.17, 15) is 19.4 Å². The highest BCUT2D eigenvalue weighted by atomic mass is 19.1. The zero-order valence-corrected chi connectivity index (χ0v) is 22.9.